The van der Waals surface area contributed by atoms with Gasteiger partial charge in [-0.15, -0.1) is 0 Å². The van der Waals surface area contributed by atoms with Gasteiger partial charge in [0.1, 0.15) is 11.5 Å². The highest BCUT2D eigenvalue weighted by Gasteiger charge is 2.21. The summed E-state index contributed by atoms with van der Waals surface area (Å²) in [5.41, 5.74) is 1.97. The highest BCUT2D eigenvalue weighted by molar-refractivity contribution is 5.93. The first-order valence-electron chi connectivity index (χ1n) is 8.67. The van der Waals surface area contributed by atoms with Gasteiger partial charge in [-0.1, -0.05) is 25.9 Å². The van der Waals surface area contributed by atoms with E-state index in [1.165, 1.54) is 6.07 Å². The molecule has 0 radical (unpaired) electrons. The number of benzene rings is 1. The SMILES string of the molecule is Cc1cc(-c2cc(C(=O)NCCc3noc(C(C)(C)C)n3)[nH]n2)ccc1F. The first-order chi connectivity index (χ1) is 12.7. The third-order valence-electron chi connectivity index (χ3n) is 4.02. The van der Waals surface area contributed by atoms with Crippen molar-refractivity contribution in [3.8, 4) is 11.3 Å². The molecule has 0 saturated heterocycles. The van der Waals surface area contributed by atoms with Crippen molar-refractivity contribution in [2.45, 2.75) is 39.5 Å². The standard InChI is InChI=1S/C19H22FN5O2/c1-11-9-12(5-6-13(11)20)14-10-15(24-23-14)17(26)21-8-7-16-22-18(27-25-16)19(2,3)4/h5-6,9-10H,7-8H2,1-4H3,(H,21,26)(H,23,24). The molecule has 7 nitrogen and oxygen atoms in total. The molecule has 0 fully saturated rings. The van der Waals surface area contributed by atoms with Crippen LogP contribution in [0.25, 0.3) is 11.3 Å². The van der Waals surface area contributed by atoms with E-state index < -0.39 is 0 Å². The zero-order valence-electron chi connectivity index (χ0n) is 15.8. The van der Waals surface area contributed by atoms with E-state index >= 15 is 0 Å². The van der Waals surface area contributed by atoms with Gasteiger partial charge in [-0.05, 0) is 36.8 Å². The molecular weight excluding hydrogens is 349 g/mol. The fourth-order valence-electron chi connectivity index (χ4n) is 2.43. The third kappa shape index (κ3) is 4.39. The Labute approximate surface area is 156 Å². The molecule has 0 atom stereocenters. The number of carbonyl (C=O) groups excluding carboxylic acids is 1. The number of carbonyl (C=O) groups is 1. The molecule has 1 aromatic carbocycles. The number of H-pyrrole nitrogens is 1. The van der Waals surface area contributed by atoms with Gasteiger partial charge in [-0.25, -0.2) is 4.39 Å². The topological polar surface area (TPSA) is 96.7 Å². The van der Waals surface area contributed by atoms with Gasteiger partial charge < -0.3 is 9.84 Å². The summed E-state index contributed by atoms with van der Waals surface area (Å²) in [6.07, 6.45) is 0.462. The zero-order valence-corrected chi connectivity index (χ0v) is 15.8. The van der Waals surface area contributed by atoms with Crippen LogP contribution in [0.4, 0.5) is 4.39 Å². The zero-order chi connectivity index (χ0) is 19.6. The van der Waals surface area contributed by atoms with Crippen molar-refractivity contribution in [2.24, 2.45) is 0 Å². The summed E-state index contributed by atoms with van der Waals surface area (Å²) in [4.78, 5) is 16.6. The van der Waals surface area contributed by atoms with Gasteiger partial charge in [0.2, 0.25) is 5.89 Å². The summed E-state index contributed by atoms with van der Waals surface area (Å²) >= 11 is 0. The van der Waals surface area contributed by atoms with Crippen molar-refractivity contribution in [3.05, 3.63) is 53.1 Å². The number of amides is 1. The molecule has 2 N–H and O–H groups in total. The van der Waals surface area contributed by atoms with Gasteiger partial charge >= 0.3 is 0 Å². The van der Waals surface area contributed by atoms with E-state index in [0.717, 1.165) is 5.56 Å². The Morgan fingerprint density at radius 2 is 2.07 bits per heavy atom. The molecule has 2 heterocycles. The second-order valence-corrected chi connectivity index (χ2v) is 7.40. The van der Waals surface area contributed by atoms with Crippen LogP contribution in [0.3, 0.4) is 0 Å². The normalized spacial score (nSPS) is 11.6. The minimum Gasteiger partial charge on any atom is -0.350 e. The number of nitrogens with zero attached hydrogens (tertiary/aromatic N) is 3. The summed E-state index contributed by atoms with van der Waals surface area (Å²) < 4.78 is 18.6. The minimum atomic E-state index is -0.285. The van der Waals surface area contributed by atoms with Crippen molar-refractivity contribution in [1.82, 2.24) is 25.7 Å². The van der Waals surface area contributed by atoms with E-state index in [9.17, 15) is 9.18 Å². The van der Waals surface area contributed by atoms with Crippen molar-refractivity contribution in [1.29, 1.82) is 0 Å². The minimum absolute atomic E-state index is 0.209. The first kappa shape index (κ1) is 18.8. The predicted molar refractivity (Wildman–Crippen MR) is 97.8 cm³/mol. The molecule has 8 heteroatoms. The Balaban J connectivity index is 1.58. The molecule has 3 aromatic rings. The van der Waals surface area contributed by atoms with Crippen LogP contribution in [0.2, 0.25) is 0 Å². The largest absolute Gasteiger partial charge is 0.350 e. The number of aryl methyl sites for hydroxylation is 1. The highest BCUT2D eigenvalue weighted by Crippen LogP contribution is 2.21. The molecule has 0 saturated carbocycles. The number of hydrogen-bond donors (Lipinski definition) is 2. The molecular formula is C19H22FN5O2. The Kier molecular flexibility index (Phi) is 5.07. The average molecular weight is 371 g/mol. The monoisotopic (exact) mass is 371 g/mol. The summed E-state index contributed by atoms with van der Waals surface area (Å²) in [5.74, 6) is 0.555. The molecule has 2 aromatic heterocycles. The predicted octanol–water partition coefficient (Wildman–Crippen LogP) is 3.18. The summed E-state index contributed by atoms with van der Waals surface area (Å²) in [6.45, 7) is 8.02. The first-order valence-corrected chi connectivity index (χ1v) is 8.67. The van der Waals surface area contributed by atoms with Crippen LogP contribution in [0.1, 0.15) is 48.5 Å². The maximum atomic E-state index is 13.4. The lowest BCUT2D eigenvalue weighted by Gasteiger charge is -2.10. The van der Waals surface area contributed by atoms with E-state index in [-0.39, 0.29) is 17.1 Å². The van der Waals surface area contributed by atoms with E-state index in [1.807, 2.05) is 20.8 Å². The molecule has 0 bridgehead atoms. The Hall–Kier alpha value is -3.03. The smallest absolute Gasteiger partial charge is 0.269 e. The van der Waals surface area contributed by atoms with Crippen molar-refractivity contribution in [2.75, 3.05) is 6.54 Å². The van der Waals surface area contributed by atoms with Gasteiger partial charge in [0.25, 0.3) is 5.91 Å². The van der Waals surface area contributed by atoms with Crippen molar-refractivity contribution in [3.63, 3.8) is 0 Å². The number of nitrogens with one attached hydrogen (secondary N) is 2. The van der Waals surface area contributed by atoms with Gasteiger partial charge in [-0.2, -0.15) is 10.1 Å². The number of halogens is 1. The molecule has 0 spiro atoms. The van der Waals surface area contributed by atoms with Crippen LogP contribution in [-0.2, 0) is 11.8 Å². The van der Waals surface area contributed by atoms with Crippen LogP contribution in [0, 0.1) is 12.7 Å². The quantitative estimate of drug-likeness (QED) is 0.718. The summed E-state index contributed by atoms with van der Waals surface area (Å²) in [6, 6.07) is 6.34. The number of hydrogen-bond acceptors (Lipinski definition) is 5. The van der Waals surface area contributed by atoms with Crippen LogP contribution in [0.15, 0.2) is 28.8 Å². The van der Waals surface area contributed by atoms with E-state index in [2.05, 4.69) is 25.7 Å². The third-order valence-corrected chi connectivity index (χ3v) is 4.02. The maximum absolute atomic E-state index is 13.4. The molecule has 27 heavy (non-hydrogen) atoms. The van der Waals surface area contributed by atoms with Crippen molar-refractivity contribution >= 4 is 5.91 Å². The van der Waals surface area contributed by atoms with Crippen LogP contribution >= 0.6 is 0 Å². The summed E-state index contributed by atoms with van der Waals surface area (Å²) in [7, 11) is 0. The van der Waals surface area contributed by atoms with Crippen LogP contribution in [0.5, 0.6) is 0 Å². The molecule has 0 aliphatic carbocycles. The molecule has 0 aliphatic heterocycles. The lowest BCUT2D eigenvalue weighted by molar-refractivity contribution is 0.0949. The van der Waals surface area contributed by atoms with Gasteiger partial charge in [0.05, 0.1) is 5.69 Å². The molecule has 0 unspecified atom stereocenters. The fourth-order valence-corrected chi connectivity index (χ4v) is 2.43. The lowest BCUT2D eigenvalue weighted by Crippen LogP contribution is -2.26. The van der Waals surface area contributed by atoms with E-state index in [1.54, 1.807) is 25.1 Å². The lowest BCUT2D eigenvalue weighted by atomic mass is 9.97. The number of aromatic amines is 1. The van der Waals surface area contributed by atoms with Crippen LogP contribution in [-0.4, -0.2) is 32.8 Å². The molecule has 142 valence electrons. The Morgan fingerprint density at radius 1 is 1.30 bits per heavy atom. The Bertz CT molecular complexity index is 955. The average Bonchev–Trinajstić information content (AvgIpc) is 3.26. The Morgan fingerprint density at radius 3 is 2.74 bits per heavy atom. The number of aromatic nitrogens is 4. The van der Waals surface area contributed by atoms with Gasteiger partial charge in [0, 0.05) is 23.9 Å². The molecule has 0 aliphatic rings. The second-order valence-electron chi connectivity index (χ2n) is 7.40. The summed E-state index contributed by atoms with van der Waals surface area (Å²) in [5, 5.41) is 13.5. The fraction of sp³-hybridized carbons (Fsp3) is 0.368. The highest BCUT2D eigenvalue weighted by atomic mass is 19.1. The van der Waals surface area contributed by atoms with E-state index in [4.69, 9.17) is 4.52 Å². The molecule has 1 amide bonds. The van der Waals surface area contributed by atoms with E-state index in [0.29, 0.717) is 41.6 Å². The van der Waals surface area contributed by atoms with Gasteiger partial charge in [0.15, 0.2) is 5.82 Å². The maximum Gasteiger partial charge on any atom is 0.269 e. The number of rotatable bonds is 5. The second kappa shape index (κ2) is 7.30. The van der Waals surface area contributed by atoms with Crippen LogP contribution < -0.4 is 5.32 Å². The van der Waals surface area contributed by atoms with Crippen molar-refractivity contribution < 1.29 is 13.7 Å². The van der Waals surface area contributed by atoms with Gasteiger partial charge in [-0.3, -0.25) is 9.89 Å². The molecule has 3 rings (SSSR count).